The summed E-state index contributed by atoms with van der Waals surface area (Å²) in [5.74, 6) is -1.74. The van der Waals surface area contributed by atoms with Crippen LogP contribution in [0.1, 0.15) is 12.8 Å². The molecule has 7 nitrogen and oxygen atoms in total. The van der Waals surface area contributed by atoms with E-state index in [0.717, 1.165) is 6.42 Å². The highest BCUT2D eigenvalue weighted by atomic mass is 32.2. The van der Waals surface area contributed by atoms with Gasteiger partial charge in [0.1, 0.15) is 18.5 Å². The first-order valence-corrected chi connectivity index (χ1v) is 7.80. The molecule has 4 unspecified atom stereocenters. The van der Waals surface area contributed by atoms with Crippen LogP contribution in [-0.2, 0) is 29.2 Å². The van der Waals surface area contributed by atoms with Crippen LogP contribution < -0.4 is 0 Å². The fourth-order valence-corrected chi connectivity index (χ4v) is 3.92. The molecule has 1 N–H and O–H groups in total. The molecule has 0 aromatic carbocycles. The maximum atomic E-state index is 11.9. The zero-order valence-electron chi connectivity index (χ0n) is 10.0. The van der Waals surface area contributed by atoms with Gasteiger partial charge in [-0.25, -0.2) is 0 Å². The van der Waals surface area contributed by atoms with Gasteiger partial charge in [-0.3, -0.25) is 14.1 Å². The smallest absolute Gasteiger partial charge is 0.313 e. The van der Waals surface area contributed by atoms with Gasteiger partial charge < -0.3 is 9.47 Å². The minimum Gasteiger partial charge on any atom is -0.464 e. The number of fused-ring (bicyclic) bond motifs is 1. The standard InChI is InChI=1S/C11H14O7S/c12-10-7-4-5-3-6(7)9(18-10)8(5)11(13)17-1-2-19(14,15)16/h5-9H,1-4H2,(H,14,15,16)/t5?,6?,7-,8?,9?/m0/s1. The molecule has 2 bridgehead atoms. The summed E-state index contributed by atoms with van der Waals surface area (Å²) in [5, 5.41) is 0. The second-order valence-electron chi connectivity index (χ2n) is 5.38. The molecule has 0 aromatic heterocycles. The van der Waals surface area contributed by atoms with E-state index in [2.05, 4.69) is 0 Å². The molecule has 2 saturated carbocycles. The van der Waals surface area contributed by atoms with Gasteiger partial charge in [-0.1, -0.05) is 0 Å². The third-order valence-electron chi connectivity index (χ3n) is 4.34. The Hall–Kier alpha value is -1.15. The fraction of sp³-hybridized carbons (Fsp3) is 0.818. The Morgan fingerprint density at radius 3 is 2.84 bits per heavy atom. The van der Waals surface area contributed by atoms with Crippen LogP contribution in [0.25, 0.3) is 0 Å². The van der Waals surface area contributed by atoms with Crippen molar-refractivity contribution in [2.75, 3.05) is 12.4 Å². The molecule has 0 amide bonds. The number of carbonyl (C=O) groups excluding carboxylic acids is 2. The van der Waals surface area contributed by atoms with E-state index in [1.165, 1.54) is 0 Å². The summed E-state index contributed by atoms with van der Waals surface area (Å²) in [6.07, 6.45) is 1.03. The lowest BCUT2D eigenvalue weighted by molar-refractivity contribution is -0.156. The van der Waals surface area contributed by atoms with Gasteiger partial charge in [0, 0.05) is 5.92 Å². The van der Waals surface area contributed by atoms with Crippen molar-refractivity contribution in [1.29, 1.82) is 0 Å². The van der Waals surface area contributed by atoms with Crippen molar-refractivity contribution >= 4 is 22.1 Å². The Kier molecular flexibility index (Phi) is 2.82. The summed E-state index contributed by atoms with van der Waals surface area (Å²) in [6, 6.07) is 0. The van der Waals surface area contributed by atoms with Crippen molar-refractivity contribution in [3.63, 3.8) is 0 Å². The Bertz CT molecular complexity index is 525. The van der Waals surface area contributed by atoms with Crippen LogP contribution in [0, 0.1) is 23.7 Å². The quantitative estimate of drug-likeness (QED) is 0.555. The largest absolute Gasteiger partial charge is 0.464 e. The molecule has 1 aliphatic heterocycles. The molecule has 2 aliphatic carbocycles. The Balaban J connectivity index is 1.61. The average Bonchev–Trinajstić information content (AvgIpc) is 2.87. The highest BCUT2D eigenvalue weighted by Crippen LogP contribution is 2.57. The lowest BCUT2D eigenvalue weighted by Gasteiger charge is -2.23. The van der Waals surface area contributed by atoms with Crippen LogP contribution in [-0.4, -0.2) is 43.4 Å². The van der Waals surface area contributed by atoms with Gasteiger partial charge >= 0.3 is 11.9 Å². The minimum atomic E-state index is -4.14. The molecule has 3 rings (SSSR count). The Labute approximate surface area is 110 Å². The van der Waals surface area contributed by atoms with E-state index in [1.54, 1.807) is 0 Å². The van der Waals surface area contributed by atoms with Gasteiger partial charge in [-0.2, -0.15) is 8.42 Å². The third kappa shape index (κ3) is 2.12. The van der Waals surface area contributed by atoms with Crippen molar-refractivity contribution in [3.8, 4) is 0 Å². The fourth-order valence-electron chi connectivity index (χ4n) is 3.63. The number of rotatable bonds is 4. The maximum Gasteiger partial charge on any atom is 0.313 e. The van der Waals surface area contributed by atoms with E-state index < -0.39 is 33.9 Å². The third-order valence-corrected chi connectivity index (χ3v) is 5.03. The van der Waals surface area contributed by atoms with Crippen molar-refractivity contribution in [3.05, 3.63) is 0 Å². The molecule has 19 heavy (non-hydrogen) atoms. The van der Waals surface area contributed by atoms with E-state index in [9.17, 15) is 18.0 Å². The molecule has 1 heterocycles. The number of ether oxygens (including phenoxy) is 2. The number of carbonyl (C=O) groups is 2. The molecule has 106 valence electrons. The second-order valence-corrected chi connectivity index (χ2v) is 6.95. The molecule has 3 aliphatic rings. The molecule has 1 saturated heterocycles. The van der Waals surface area contributed by atoms with Gasteiger partial charge in [0.05, 0.1) is 11.8 Å². The molecule has 8 heteroatoms. The molecular weight excluding hydrogens is 276 g/mol. The van der Waals surface area contributed by atoms with Crippen LogP contribution in [0.3, 0.4) is 0 Å². The van der Waals surface area contributed by atoms with Crippen LogP contribution in [0.2, 0.25) is 0 Å². The van der Waals surface area contributed by atoms with E-state index in [-0.39, 0.29) is 30.3 Å². The van der Waals surface area contributed by atoms with E-state index in [0.29, 0.717) is 6.42 Å². The van der Waals surface area contributed by atoms with E-state index in [1.807, 2.05) is 0 Å². The molecular formula is C11H14O7S. The Morgan fingerprint density at radius 1 is 1.42 bits per heavy atom. The van der Waals surface area contributed by atoms with Crippen LogP contribution in [0.4, 0.5) is 0 Å². The summed E-state index contributed by atoms with van der Waals surface area (Å²) in [4.78, 5) is 23.4. The number of hydrogen-bond donors (Lipinski definition) is 1. The molecule has 0 radical (unpaired) electrons. The highest BCUT2D eigenvalue weighted by Gasteiger charge is 2.64. The summed E-state index contributed by atoms with van der Waals surface area (Å²) in [7, 11) is -4.14. The lowest BCUT2D eigenvalue weighted by Crippen LogP contribution is -2.35. The predicted octanol–water partition coefficient (Wildman–Crippen LogP) is -0.385. The zero-order chi connectivity index (χ0) is 13.8. The second kappa shape index (κ2) is 4.17. The topological polar surface area (TPSA) is 107 Å². The van der Waals surface area contributed by atoms with E-state index >= 15 is 0 Å². The summed E-state index contributed by atoms with van der Waals surface area (Å²) >= 11 is 0. The van der Waals surface area contributed by atoms with Gasteiger partial charge in [-0.15, -0.1) is 0 Å². The van der Waals surface area contributed by atoms with E-state index in [4.69, 9.17) is 14.0 Å². The highest BCUT2D eigenvalue weighted by molar-refractivity contribution is 7.85. The Morgan fingerprint density at radius 2 is 2.16 bits per heavy atom. The van der Waals surface area contributed by atoms with Crippen LogP contribution in [0.15, 0.2) is 0 Å². The minimum absolute atomic E-state index is 0.0723. The average molecular weight is 290 g/mol. The van der Waals surface area contributed by atoms with Crippen LogP contribution >= 0.6 is 0 Å². The van der Waals surface area contributed by atoms with Crippen molar-refractivity contribution in [2.45, 2.75) is 18.9 Å². The molecule has 0 spiro atoms. The van der Waals surface area contributed by atoms with Gasteiger partial charge in [0.25, 0.3) is 10.1 Å². The van der Waals surface area contributed by atoms with Crippen molar-refractivity contribution in [2.24, 2.45) is 23.7 Å². The first kappa shape index (κ1) is 12.9. The number of esters is 2. The van der Waals surface area contributed by atoms with Gasteiger partial charge in [0.2, 0.25) is 0 Å². The van der Waals surface area contributed by atoms with Crippen molar-refractivity contribution < 1.29 is 32.0 Å². The van der Waals surface area contributed by atoms with Gasteiger partial charge in [-0.05, 0) is 18.8 Å². The first-order chi connectivity index (χ1) is 8.87. The van der Waals surface area contributed by atoms with Crippen LogP contribution in [0.5, 0.6) is 0 Å². The lowest BCUT2D eigenvalue weighted by atomic mass is 9.82. The normalized spacial score (nSPS) is 39.4. The predicted molar refractivity (Wildman–Crippen MR) is 60.4 cm³/mol. The number of hydrogen-bond acceptors (Lipinski definition) is 6. The first-order valence-electron chi connectivity index (χ1n) is 6.19. The zero-order valence-corrected chi connectivity index (χ0v) is 10.8. The molecule has 3 fully saturated rings. The monoisotopic (exact) mass is 290 g/mol. The van der Waals surface area contributed by atoms with Crippen molar-refractivity contribution in [1.82, 2.24) is 0 Å². The SMILES string of the molecule is O=C(OCCS(=O)(=O)O)C1C2CC3C1OC(=O)[C@H]3C2. The summed E-state index contributed by atoms with van der Waals surface area (Å²) < 4.78 is 39.7. The summed E-state index contributed by atoms with van der Waals surface area (Å²) in [6.45, 7) is -0.379. The molecule has 0 aromatic rings. The molecule has 5 atom stereocenters. The summed E-state index contributed by atoms with van der Waals surface area (Å²) in [5.41, 5.74) is 0. The van der Waals surface area contributed by atoms with Gasteiger partial charge in [0.15, 0.2) is 0 Å². The maximum absolute atomic E-state index is 11.9.